The summed E-state index contributed by atoms with van der Waals surface area (Å²) in [4.78, 5) is 16.0. The molecule has 0 aliphatic carbocycles. The van der Waals surface area contributed by atoms with Crippen LogP contribution >= 0.6 is 0 Å². The fourth-order valence-corrected chi connectivity index (χ4v) is 5.26. The van der Waals surface area contributed by atoms with E-state index in [1.54, 1.807) is 18.2 Å². The Hall–Kier alpha value is -3.42. The average molecular weight is 477 g/mol. The summed E-state index contributed by atoms with van der Waals surface area (Å²) in [5, 5.41) is 0.870. The van der Waals surface area contributed by atoms with E-state index in [1.807, 2.05) is 57.2 Å². The number of aryl methyl sites for hydroxylation is 3. The number of fused-ring (bicyclic) bond motifs is 1. The smallest absolute Gasteiger partial charge is 0.252 e. The lowest BCUT2D eigenvalue weighted by molar-refractivity contribution is 0.399. The van der Waals surface area contributed by atoms with Gasteiger partial charge >= 0.3 is 0 Å². The van der Waals surface area contributed by atoms with Gasteiger partial charge < -0.3 is 9.72 Å². The Morgan fingerprint density at radius 2 is 1.50 bits per heavy atom. The van der Waals surface area contributed by atoms with Gasteiger partial charge in [-0.15, -0.1) is 0 Å². The molecule has 6 nitrogen and oxygen atoms in total. The molecule has 0 saturated carbocycles. The Balaban J connectivity index is 1.77. The van der Waals surface area contributed by atoms with Gasteiger partial charge in [0.15, 0.2) is 0 Å². The highest BCUT2D eigenvalue weighted by Crippen LogP contribution is 2.24. The third kappa shape index (κ3) is 4.90. The van der Waals surface area contributed by atoms with Crippen LogP contribution in [0.5, 0.6) is 5.75 Å². The Morgan fingerprint density at radius 3 is 2.15 bits per heavy atom. The van der Waals surface area contributed by atoms with Crippen LogP contribution in [-0.4, -0.2) is 24.8 Å². The summed E-state index contributed by atoms with van der Waals surface area (Å²) in [6.07, 6.45) is 0. The van der Waals surface area contributed by atoms with Crippen LogP contribution in [0.2, 0.25) is 0 Å². The molecule has 0 bridgehead atoms. The number of pyridine rings is 1. The van der Waals surface area contributed by atoms with E-state index in [2.05, 4.69) is 4.98 Å². The van der Waals surface area contributed by atoms with E-state index in [9.17, 15) is 13.2 Å². The molecule has 0 saturated heterocycles. The summed E-state index contributed by atoms with van der Waals surface area (Å²) in [7, 11) is -2.36. The number of nitrogens with zero attached hydrogens (tertiary/aromatic N) is 1. The highest BCUT2D eigenvalue weighted by Gasteiger charge is 2.26. The molecule has 0 fully saturated rings. The topological polar surface area (TPSA) is 79.5 Å². The fourth-order valence-electron chi connectivity index (χ4n) is 3.85. The van der Waals surface area contributed by atoms with Gasteiger partial charge in [-0.25, -0.2) is 8.42 Å². The van der Waals surface area contributed by atoms with E-state index in [-0.39, 0.29) is 23.5 Å². The molecule has 4 rings (SSSR count). The fraction of sp³-hybridized carbons (Fsp3) is 0.222. The first kappa shape index (κ1) is 23.7. The van der Waals surface area contributed by atoms with Gasteiger partial charge in [-0.3, -0.25) is 4.79 Å². The van der Waals surface area contributed by atoms with Crippen LogP contribution in [0.25, 0.3) is 10.9 Å². The number of benzene rings is 3. The van der Waals surface area contributed by atoms with Gasteiger partial charge in [0.05, 0.1) is 12.0 Å². The lowest BCUT2D eigenvalue weighted by atomic mass is 10.0. The van der Waals surface area contributed by atoms with Crippen molar-refractivity contribution in [1.82, 2.24) is 9.29 Å². The molecule has 0 radical (unpaired) electrons. The molecule has 0 spiro atoms. The van der Waals surface area contributed by atoms with Crippen molar-refractivity contribution in [2.75, 3.05) is 7.11 Å². The number of aromatic nitrogens is 1. The van der Waals surface area contributed by atoms with Crippen molar-refractivity contribution >= 4 is 20.9 Å². The number of methoxy groups -OCH3 is 1. The molecule has 3 aromatic carbocycles. The molecule has 7 heteroatoms. The van der Waals surface area contributed by atoms with Gasteiger partial charge in [0.1, 0.15) is 5.75 Å². The average Bonchev–Trinajstić information content (AvgIpc) is 2.81. The third-order valence-electron chi connectivity index (χ3n) is 6.06. The van der Waals surface area contributed by atoms with Gasteiger partial charge in [0.25, 0.3) is 5.56 Å². The first-order valence-corrected chi connectivity index (χ1v) is 12.4. The molecule has 34 heavy (non-hydrogen) atoms. The van der Waals surface area contributed by atoms with Crippen molar-refractivity contribution in [3.05, 3.63) is 105 Å². The molecule has 0 amide bonds. The lowest BCUT2D eigenvalue weighted by Gasteiger charge is -2.23. The van der Waals surface area contributed by atoms with Crippen LogP contribution < -0.4 is 10.3 Å². The van der Waals surface area contributed by atoms with Gasteiger partial charge in [-0.05, 0) is 85.3 Å². The minimum Gasteiger partial charge on any atom is -0.497 e. The monoisotopic (exact) mass is 476 g/mol. The van der Waals surface area contributed by atoms with Crippen LogP contribution in [0, 0.1) is 20.8 Å². The number of ether oxygens (including phenoxy) is 1. The molecule has 0 atom stereocenters. The zero-order valence-corrected chi connectivity index (χ0v) is 20.6. The summed E-state index contributed by atoms with van der Waals surface area (Å²) in [6, 6.07) is 19.7. The van der Waals surface area contributed by atoms with Crippen LogP contribution in [0.15, 0.2) is 76.4 Å². The second-order valence-electron chi connectivity index (χ2n) is 8.58. The molecular formula is C27H28N2O4S. The molecule has 1 aromatic heterocycles. The van der Waals surface area contributed by atoms with Crippen molar-refractivity contribution in [1.29, 1.82) is 0 Å². The van der Waals surface area contributed by atoms with Crippen molar-refractivity contribution in [3.8, 4) is 5.75 Å². The zero-order valence-electron chi connectivity index (χ0n) is 19.8. The Morgan fingerprint density at radius 1 is 0.853 bits per heavy atom. The Kier molecular flexibility index (Phi) is 6.59. The highest BCUT2D eigenvalue weighted by atomic mass is 32.2. The normalized spacial score (nSPS) is 11.8. The third-order valence-corrected chi connectivity index (χ3v) is 7.86. The highest BCUT2D eigenvalue weighted by molar-refractivity contribution is 7.89. The molecule has 4 aromatic rings. The van der Waals surface area contributed by atoms with Crippen LogP contribution in [0.1, 0.15) is 27.8 Å². The van der Waals surface area contributed by atoms with E-state index in [4.69, 9.17) is 4.74 Å². The van der Waals surface area contributed by atoms with E-state index in [0.29, 0.717) is 11.3 Å². The maximum absolute atomic E-state index is 13.7. The minimum absolute atomic E-state index is 0.0551. The largest absolute Gasteiger partial charge is 0.497 e. The first-order valence-electron chi connectivity index (χ1n) is 11.0. The predicted molar refractivity (Wildman–Crippen MR) is 135 cm³/mol. The molecule has 0 unspecified atom stereocenters. The van der Waals surface area contributed by atoms with Crippen LogP contribution in [-0.2, 0) is 23.1 Å². The second kappa shape index (κ2) is 9.44. The Bertz CT molecular complexity index is 1490. The van der Waals surface area contributed by atoms with Gasteiger partial charge in [0.2, 0.25) is 10.0 Å². The van der Waals surface area contributed by atoms with Crippen LogP contribution in [0.3, 0.4) is 0 Å². The predicted octanol–water partition coefficient (Wildman–Crippen LogP) is 4.85. The van der Waals surface area contributed by atoms with Crippen molar-refractivity contribution < 1.29 is 13.2 Å². The van der Waals surface area contributed by atoms with E-state index in [1.165, 1.54) is 23.5 Å². The summed E-state index contributed by atoms with van der Waals surface area (Å²) in [5.74, 6) is 0.570. The maximum atomic E-state index is 13.7. The number of hydrogen-bond donors (Lipinski definition) is 1. The van der Waals surface area contributed by atoms with E-state index in [0.717, 1.165) is 33.2 Å². The number of nitrogens with one attached hydrogen (secondary N) is 1. The number of H-pyrrole nitrogens is 1. The number of aromatic amines is 1. The number of hydrogen-bond acceptors (Lipinski definition) is 4. The van der Waals surface area contributed by atoms with Crippen molar-refractivity contribution in [3.63, 3.8) is 0 Å². The summed E-state index contributed by atoms with van der Waals surface area (Å²) in [6.45, 7) is 6.07. The van der Waals surface area contributed by atoms with Crippen LogP contribution in [0.4, 0.5) is 0 Å². The molecule has 0 aliphatic heterocycles. The van der Waals surface area contributed by atoms with Crippen molar-refractivity contribution in [2.45, 2.75) is 38.8 Å². The standard InChI is InChI=1S/C27H28N2O4S/c1-18-5-7-21(8-6-18)16-29(34(31,32)25-11-9-24(33-4)10-12-25)17-23-15-22-13-19(2)20(3)14-26(22)28-27(23)30/h5-15H,16-17H2,1-4H3,(H,28,30). The summed E-state index contributed by atoms with van der Waals surface area (Å²) < 4.78 is 33.8. The quantitative estimate of drug-likeness (QED) is 0.413. The Labute approximate surface area is 199 Å². The zero-order chi connectivity index (χ0) is 24.5. The number of rotatable bonds is 7. The molecule has 0 aliphatic rings. The molecule has 1 N–H and O–H groups in total. The lowest BCUT2D eigenvalue weighted by Crippen LogP contribution is -2.32. The molecular weight excluding hydrogens is 448 g/mol. The van der Waals surface area contributed by atoms with Gasteiger partial charge in [0, 0.05) is 24.2 Å². The van der Waals surface area contributed by atoms with Gasteiger partial charge in [-0.2, -0.15) is 4.31 Å². The van der Waals surface area contributed by atoms with Crippen molar-refractivity contribution in [2.24, 2.45) is 0 Å². The number of sulfonamides is 1. The summed E-state index contributed by atoms with van der Waals surface area (Å²) in [5.41, 5.74) is 4.94. The molecule has 1 heterocycles. The minimum atomic E-state index is -3.89. The first-order chi connectivity index (χ1) is 16.2. The van der Waals surface area contributed by atoms with E-state index < -0.39 is 10.0 Å². The van der Waals surface area contributed by atoms with Gasteiger partial charge in [-0.1, -0.05) is 29.8 Å². The SMILES string of the molecule is COc1ccc(S(=O)(=O)N(Cc2ccc(C)cc2)Cc2cc3cc(C)c(C)cc3[nH]c2=O)cc1. The molecule has 176 valence electrons. The second-order valence-corrected chi connectivity index (χ2v) is 10.5. The van der Waals surface area contributed by atoms with E-state index >= 15 is 0 Å². The summed E-state index contributed by atoms with van der Waals surface area (Å²) >= 11 is 0. The maximum Gasteiger partial charge on any atom is 0.252 e.